The Balaban J connectivity index is 1.72. The third-order valence-corrected chi connectivity index (χ3v) is 4.32. The molecule has 0 radical (unpaired) electrons. The van der Waals surface area contributed by atoms with Crippen LogP contribution in [0, 0.1) is 5.82 Å². The Morgan fingerprint density at radius 3 is 2.44 bits per heavy atom. The molecule has 0 bridgehead atoms. The number of nitrogens with zero attached hydrogens (tertiary/aromatic N) is 3. The van der Waals surface area contributed by atoms with Crippen molar-refractivity contribution >= 4 is 5.91 Å². The maximum Gasteiger partial charge on any atom is 0.259 e. The zero-order chi connectivity index (χ0) is 17.2. The minimum Gasteiger partial charge on any atom is -0.339 e. The first-order valence-corrected chi connectivity index (χ1v) is 8.21. The van der Waals surface area contributed by atoms with E-state index in [-0.39, 0.29) is 23.2 Å². The fourth-order valence-corrected chi connectivity index (χ4v) is 3.03. The summed E-state index contributed by atoms with van der Waals surface area (Å²) in [6.07, 6.45) is 2.04. The van der Waals surface area contributed by atoms with Crippen molar-refractivity contribution in [1.82, 2.24) is 15.0 Å². The lowest BCUT2D eigenvalue weighted by molar-refractivity contribution is 0.0793. The van der Waals surface area contributed by atoms with Gasteiger partial charge in [0.05, 0.1) is 16.7 Å². The van der Waals surface area contributed by atoms with Crippen LogP contribution in [0.4, 0.5) is 4.39 Å². The number of carbonyl (C=O) groups excluding carboxylic acids is 1. The summed E-state index contributed by atoms with van der Waals surface area (Å²) in [6.45, 7) is 1.52. The van der Waals surface area contributed by atoms with E-state index in [2.05, 4.69) is 10.1 Å². The fourth-order valence-electron chi connectivity index (χ4n) is 3.03. The summed E-state index contributed by atoms with van der Waals surface area (Å²) in [7, 11) is 0. The van der Waals surface area contributed by atoms with Crippen LogP contribution in [0.2, 0.25) is 0 Å². The number of benzene rings is 2. The van der Waals surface area contributed by atoms with Gasteiger partial charge in [0.2, 0.25) is 5.82 Å². The number of rotatable bonds is 3. The minimum atomic E-state index is -0.420. The number of halogens is 1. The molecule has 3 aromatic rings. The molecule has 0 N–H and O–H groups in total. The molecule has 1 saturated heterocycles. The second-order valence-electron chi connectivity index (χ2n) is 5.95. The van der Waals surface area contributed by atoms with Crippen LogP contribution in [0.15, 0.2) is 53.1 Å². The first-order chi connectivity index (χ1) is 12.2. The lowest BCUT2D eigenvalue weighted by atomic mass is 10.1. The van der Waals surface area contributed by atoms with E-state index in [0.29, 0.717) is 11.1 Å². The van der Waals surface area contributed by atoms with Gasteiger partial charge in [0.25, 0.3) is 11.8 Å². The number of aromatic nitrogens is 2. The number of likely N-dealkylation sites (tertiary alicyclic amines) is 1. The van der Waals surface area contributed by atoms with Gasteiger partial charge < -0.3 is 9.42 Å². The molecule has 5 nitrogen and oxygen atoms in total. The highest BCUT2D eigenvalue weighted by Crippen LogP contribution is 2.27. The van der Waals surface area contributed by atoms with Gasteiger partial charge in [-0.2, -0.15) is 4.98 Å². The fraction of sp³-hybridized carbons (Fsp3) is 0.211. The van der Waals surface area contributed by atoms with Crippen molar-refractivity contribution in [3.8, 4) is 22.8 Å². The van der Waals surface area contributed by atoms with E-state index in [9.17, 15) is 9.18 Å². The van der Waals surface area contributed by atoms with Gasteiger partial charge in [-0.1, -0.05) is 29.4 Å². The van der Waals surface area contributed by atoms with Crippen molar-refractivity contribution in [3.63, 3.8) is 0 Å². The van der Waals surface area contributed by atoms with Crippen molar-refractivity contribution in [3.05, 3.63) is 59.9 Å². The molecule has 25 heavy (non-hydrogen) atoms. The topological polar surface area (TPSA) is 59.2 Å². The average molecular weight is 337 g/mol. The van der Waals surface area contributed by atoms with Crippen LogP contribution < -0.4 is 0 Å². The van der Waals surface area contributed by atoms with Crippen LogP contribution in [0.5, 0.6) is 0 Å². The molecule has 0 spiro atoms. The molecule has 1 aliphatic rings. The van der Waals surface area contributed by atoms with Gasteiger partial charge >= 0.3 is 0 Å². The number of carbonyl (C=O) groups is 1. The Bertz CT molecular complexity index is 916. The zero-order valence-electron chi connectivity index (χ0n) is 13.5. The van der Waals surface area contributed by atoms with E-state index in [1.165, 1.54) is 6.07 Å². The quantitative estimate of drug-likeness (QED) is 0.730. The van der Waals surface area contributed by atoms with Gasteiger partial charge in [-0.15, -0.1) is 0 Å². The minimum absolute atomic E-state index is 0.0428. The smallest absolute Gasteiger partial charge is 0.259 e. The SMILES string of the molecule is O=C(c1ccccc1-c1nc(-c2ccccc2F)no1)N1CCCC1. The summed E-state index contributed by atoms with van der Waals surface area (Å²) in [4.78, 5) is 18.9. The molecular formula is C19H16FN3O2. The van der Waals surface area contributed by atoms with Gasteiger partial charge in [-0.3, -0.25) is 4.79 Å². The first kappa shape index (κ1) is 15.5. The second kappa shape index (κ2) is 6.47. The summed E-state index contributed by atoms with van der Waals surface area (Å²) in [6, 6.07) is 13.4. The van der Waals surface area contributed by atoms with E-state index >= 15 is 0 Å². The molecule has 2 aromatic carbocycles. The van der Waals surface area contributed by atoms with E-state index in [4.69, 9.17) is 4.52 Å². The number of hydrogen-bond donors (Lipinski definition) is 0. The van der Waals surface area contributed by atoms with E-state index in [1.807, 2.05) is 11.0 Å². The van der Waals surface area contributed by atoms with Crippen molar-refractivity contribution in [2.45, 2.75) is 12.8 Å². The number of hydrogen-bond acceptors (Lipinski definition) is 4. The highest BCUT2D eigenvalue weighted by molar-refractivity contribution is 6.00. The van der Waals surface area contributed by atoms with Crippen LogP contribution in [-0.2, 0) is 0 Å². The van der Waals surface area contributed by atoms with Gasteiger partial charge in [-0.25, -0.2) is 4.39 Å². The molecule has 126 valence electrons. The predicted octanol–water partition coefficient (Wildman–Crippen LogP) is 3.78. The van der Waals surface area contributed by atoms with Crippen LogP contribution in [0.3, 0.4) is 0 Å². The molecule has 1 aromatic heterocycles. The average Bonchev–Trinajstić information content (AvgIpc) is 3.34. The second-order valence-corrected chi connectivity index (χ2v) is 5.95. The standard InChI is InChI=1S/C19H16FN3O2/c20-16-10-4-3-9-15(16)17-21-18(25-22-17)13-7-1-2-8-14(13)19(24)23-11-5-6-12-23/h1-4,7-10H,5-6,11-12H2. The monoisotopic (exact) mass is 337 g/mol. The Morgan fingerprint density at radius 2 is 1.68 bits per heavy atom. The van der Waals surface area contributed by atoms with Crippen LogP contribution >= 0.6 is 0 Å². The summed E-state index contributed by atoms with van der Waals surface area (Å²) in [5.41, 5.74) is 1.35. The molecule has 0 unspecified atom stereocenters. The van der Waals surface area contributed by atoms with Gasteiger partial charge in [-0.05, 0) is 37.1 Å². The van der Waals surface area contributed by atoms with Crippen molar-refractivity contribution in [2.75, 3.05) is 13.1 Å². The third-order valence-electron chi connectivity index (χ3n) is 4.32. The van der Waals surface area contributed by atoms with E-state index < -0.39 is 5.82 Å². The molecule has 0 aliphatic carbocycles. The van der Waals surface area contributed by atoms with Crippen LogP contribution in [0.1, 0.15) is 23.2 Å². The largest absolute Gasteiger partial charge is 0.339 e. The summed E-state index contributed by atoms with van der Waals surface area (Å²) in [5.74, 6) is -0.0899. The Hall–Kier alpha value is -3.02. The van der Waals surface area contributed by atoms with Crippen molar-refractivity contribution < 1.29 is 13.7 Å². The highest BCUT2D eigenvalue weighted by Gasteiger charge is 2.24. The zero-order valence-corrected chi connectivity index (χ0v) is 13.5. The number of amides is 1. The molecule has 6 heteroatoms. The maximum absolute atomic E-state index is 13.9. The Labute approximate surface area is 144 Å². The lowest BCUT2D eigenvalue weighted by Gasteiger charge is -2.16. The van der Waals surface area contributed by atoms with E-state index in [1.54, 1.807) is 36.4 Å². The highest BCUT2D eigenvalue weighted by atomic mass is 19.1. The molecule has 4 rings (SSSR count). The summed E-state index contributed by atoms with van der Waals surface area (Å²) >= 11 is 0. The molecular weight excluding hydrogens is 321 g/mol. The lowest BCUT2D eigenvalue weighted by Crippen LogP contribution is -2.28. The molecule has 0 atom stereocenters. The summed E-state index contributed by atoms with van der Waals surface area (Å²) in [5, 5.41) is 3.87. The van der Waals surface area contributed by atoms with Crippen molar-refractivity contribution in [2.24, 2.45) is 0 Å². The van der Waals surface area contributed by atoms with Gasteiger partial charge in [0, 0.05) is 13.1 Å². The van der Waals surface area contributed by atoms with Gasteiger partial charge in [0.1, 0.15) is 5.82 Å². The summed E-state index contributed by atoms with van der Waals surface area (Å²) < 4.78 is 19.2. The van der Waals surface area contributed by atoms with Crippen molar-refractivity contribution in [1.29, 1.82) is 0 Å². The molecule has 0 saturated carbocycles. The van der Waals surface area contributed by atoms with E-state index in [0.717, 1.165) is 25.9 Å². The van der Waals surface area contributed by atoms with Crippen LogP contribution in [-0.4, -0.2) is 34.0 Å². The van der Waals surface area contributed by atoms with Crippen LogP contribution in [0.25, 0.3) is 22.8 Å². The molecule has 2 heterocycles. The molecule has 1 fully saturated rings. The molecule has 1 amide bonds. The first-order valence-electron chi connectivity index (χ1n) is 8.21. The normalized spacial score (nSPS) is 14.0. The Morgan fingerprint density at radius 1 is 1.00 bits per heavy atom. The third kappa shape index (κ3) is 2.91. The molecule has 1 aliphatic heterocycles. The maximum atomic E-state index is 13.9. The van der Waals surface area contributed by atoms with Gasteiger partial charge in [0.15, 0.2) is 0 Å². The predicted molar refractivity (Wildman–Crippen MR) is 90.3 cm³/mol. The Kier molecular flexibility index (Phi) is 4.01.